The van der Waals surface area contributed by atoms with Gasteiger partial charge in [-0.2, -0.15) is 5.10 Å². The van der Waals surface area contributed by atoms with E-state index in [1.807, 2.05) is 12.1 Å². The van der Waals surface area contributed by atoms with E-state index in [9.17, 15) is 8.42 Å². The van der Waals surface area contributed by atoms with Crippen molar-refractivity contribution in [2.45, 2.75) is 38.0 Å². The van der Waals surface area contributed by atoms with Crippen LogP contribution in [0.25, 0.3) is 0 Å². The quantitative estimate of drug-likeness (QED) is 0.892. The number of unbranched alkanes of at least 4 members (excludes halogenated alkanes) is 1. The van der Waals surface area contributed by atoms with Gasteiger partial charge in [0.15, 0.2) is 0 Å². The summed E-state index contributed by atoms with van der Waals surface area (Å²) in [6.45, 7) is 3.91. The summed E-state index contributed by atoms with van der Waals surface area (Å²) in [6, 6.07) is 7.05. The minimum Gasteiger partial charge on any atom is -0.276 e. The molecule has 0 unspecified atom stereocenters. The van der Waals surface area contributed by atoms with E-state index in [0.29, 0.717) is 11.4 Å². The molecule has 0 saturated heterocycles. The molecule has 0 saturated carbocycles. The lowest BCUT2D eigenvalue weighted by Gasteiger charge is -2.07. The van der Waals surface area contributed by atoms with E-state index in [2.05, 4.69) is 16.7 Å². The summed E-state index contributed by atoms with van der Waals surface area (Å²) in [7, 11) is -1.81. The van der Waals surface area contributed by atoms with Crippen molar-refractivity contribution in [1.29, 1.82) is 0 Å². The second kappa shape index (κ2) is 6.30. The van der Waals surface area contributed by atoms with Gasteiger partial charge >= 0.3 is 0 Å². The molecule has 1 aromatic carbocycles. The molecule has 0 bridgehead atoms. The van der Waals surface area contributed by atoms with Crippen LogP contribution in [0.3, 0.4) is 0 Å². The highest BCUT2D eigenvalue weighted by Gasteiger charge is 2.16. The monoisotopic (exact) mass is 307 g/mol. The van der Waals surface area contributed by atoms with Gasteiger partial charge in [-0.1, -0.05) is 25.5 Å². The number of aromatic nitrogens is 2. The number of hydrogen-bond acceptors (Lipinski definition) is 3. The van der Waals surface area contributed by atoms with E-state index in [1.54, 1.807) is 37.0 Å². The zero-order valence-corrected chi connectivity index (χ0v) is 13.4. The van der Waals surface area contributed by atoms with Crippen molar-refractivity contribution >= 4 is 15.7 Å². The van der Waals surface area contributed by atoms with Crippen LogP contribution in [-0.4, -0.2) is 18.2 Å². The first kappa shape index (κ1) is 15.6. The molecule has 5 nitrogen and oxygen atoms in total. The molecular weight excluding hydrogens is 286 g/mol. The summed E-state index contributed by atoms with van der Waals surface area (Å²) in [6.07, 6.45) is 4.87. The van der Waals surface area contributed by atoms with E-state index in [0.717, 1.165) is 24.8 Å². The summed E-state index contributed by atoms with van der Waals surface area (Å²) in [4.78, 5) is 0.269. The maximum Gasteiger partial charge on any atom is 0.262 e. The molecule has 2 rings (SSSR count). The molecule has 0 atom stereocenters. The Morgan fingerprint density at radius 3 is 2.43 bits per heavy atom. The van der Waals surface area contributed by atoms with E-state index in [1.165, 1.54) is 0 Å². The normalized spacial score (nSPS) is 11.6. The summed E-state index contributed by atoms with van der Waals surface area (Å²) < 4.78 is 28.8. The van der Waals surface area contributed by atoms with Gasteiger partial charge in [0.25, 0.3) is 10.0 Å². The third-order valence-corrected chi connectivity index (χ3v) is 4.69. The lowest BCUT2D eigenvalue weighted by atomic mass is 10.1. The fourth-order valence-electron chi connectivity index (χ4n) is 2.12. The van der Waals surface area contributed by atoms with Gasteiger partial charge in [-0.15, -0.1) is 0 Å². The van der Waals surface area contributed by atoms with E-state index < -0.39 is 10.0 Å². The Labute approximate surface area is 126 Å². The summed E-state index contributed by atoms with van der Waals surface area (Å²) in [5.41, 5.74) is 2.32. The van der Waals surface area contributed by atoms with E-state index in [-0.39, 0.29) is 4.90 Å². The lowest BCUT2D eigenvalue weighted by Crippen LogP contribution is -2.13. The predicted molar refractivity (Wildman–Crippen MR) is 83.8 cm³/mol. The highest BCUT2D eigenvalue weighted by atomic mass is 32.2. The largest absolute Gasteiger partial charge is 0.276 e. The molecule has 1 N–H and O–H groups in total. The second-order valence-electron chi connectivity index (χ2n) is 5.15. The van der Waals surface area contributed by atoms with Crippen LogP contribution < -0.4 is 4.72 Å². The van der Waals surface area contributed by atoms with Crippen LogP contribution >= 0.6 is 0 Å². The lowest BCUT2D eigenvalue weighted by molar-refractivity contribution is 0.601. The van der Waals surface area contributed by atoms with Gasteiger partial charge in [-0.3, -0.25) is 9.40 Å². The van der Waals surface area contributed by atoms with Gasteiger partial charge in [0.1, 0.15) is 0 Å². The van der Waals surface area contributed by atoms with Crippen LogP contribution in [0.15, 0.2) is 35.4 Å². The smallest absolute Gasteiger partial charge is 0.262 e. The van der Waals surface area contributed by atoms with Gasteiger partial charge in [-0.25, -0.2) is 8.42 Å². The maximum absolute atomic E-state index is 12.3. The average molecular weight is 307 g/mol. The van der Waals surface area contributed by atoms with Crippen LogP contribution in [0.2, 0.25) is 0 Å². The van der Waals surface area contributed by atoms with Crippen molar-refractivity contribution in [2.75, 3.05) is 4.72 Å². The van der Waals surface area contributed by atoms with Gasteiger partial charge in [0, 0.05) is 13.2 Å². The highest BCUT2D eigenvalue weighted by Crippen LogP contribution is 2.19. The number of sulfonamides is 1. The first-order valence-corrected chi connectivity index (χ1v) is 8.52. The van der Waals surface area contributed by atoms with Crippen LogP contribution in [-0.2, 0) is 23.5 Å². The van der Waals surface area contributed by atoms with Crippen LogP contribution in [0, 0.1) is 6.92 Å². The van der Waals surface area contributed by atoms with Crippen LogP contribution in [0.1, 0.15) is 31.0 Å². The van der Waals surface area contributed by atoms with Gasteiger partial charge < -0.3 is 0 Å². The number of aryl methyl sites for hydroxylation is 3. The van der Waals surface area contributed by atoms with Crippen molar-refractivity contribution in [1.82, 2.24) is 9.78 Å². The topological polar surface area (TPSA) is 64.0 Å². The Morgan fingerprint density at radius 1 is 1.24 bits per heavy atom. The third-order valence-electron chi connectivity index (χ3n) is 3.31. The van der Waals surface area contributed by atoms with Crippen molar-refractivity contribution in [3.8, 4) is 0 Å². The first-order valence-electron chi connectivity index (χ1n) is 7.04. The van der Waals surface area contributed by atoms with Crippen molar-refractivity contribution < 1.29 is 8.42 Å². The summed E-state index contributed by atoms with van der Waals surface area (Å²) in [5.74, 6) is 0. The molecule has 21 heavy (non-hydrogen) atoms. The minimum absolute atomic E-state index is 0.269. The molecule has 1 aromatic heterocycles. The Morgan fingerprint density at radius 2 is 1.90 bits per heavy atom. The Balaban J connectivity index is 2.17. The molecule has 0 radical (unpaired) electrons. The average Bonchev–Trinajstić information content (AvgIpc) is 2.74. The number of anilines is 1. The second-order valence-corrected chi connectivity index (χ2v) is 6.84. The van der Waals surface area contributed by atoms with Crippen LogP contribution in [0.5, 0.6) is 0 Å². The Kier molecular flexibility index (Phi) is 4.67. The molecule has 114 valence electrons. The van der Waals surface area contributed by atoms with Gasteiger partial charge in [-0.05, 0) is 37.5 Å². The molecule has 1 heterocycles. The number of benzene rings is 1. The molecule has 0 fully saturated rings. The summed E-state index contributed by atoms with van der Waals surface area (Å²) in [5, 5.41) is 4.13. The molecule has 0 amide bonds. The highest BCUT2D eigenvalue weighted by molar-refractivity contribution is 7.92. The molecule has 6 heteroatoms. The van der Waals surface area contributed by atoms with Gasteiger partial charge in [0.05, 0.1) is 16.3 Å². The first-order chi connectivity index (χ1) is 9.92. The number of nitrogens with zero attached hydrogens (tertiary/aromatic N) is 2. The van der Waals surface area contributed by atoms with E-state index >= 15 is 0 Å². The third kappa shape index (κ3) is 3.85. The minimum atomic E-state index is -3.56. The molecule has 0 aliphatic heterocycles. The zero-order chi connectivity index (χ0) is 15.5. The molecule has 0 aliphatic rings. The zero-order valence-electron chi connectivity index (χ0n) is 12.6. The van der Waals surface area contributed by atoms with Crippen molar-refractivity contribution in [3.63, 3.8) is 0 Å². The van der Waals surface area contributed by atoms with Crippen molar-refractivity contribution in [3.05, 3.63) is 41.7 Å². The maximum atomic E-state index is 12.3. The Hall–Kier alpha value is -1.82. The summed E-state index contributed by atoms with van der Waals surface area (Å²) >= 11 is 0. The van der Waals surface area contributed by atoms with Crippen molar-refractivity contribution in [2.24, 2.45) is 7.05 Å². The number of rotatable bonds is 6. The molecule has 0 aliphatic carbocycles. The Bertz CT molecular complexity index is 703. The fraction of sp³-hybridized carbons (Fsp3) is 0.400. The SMILES string of the molecule is CCCCc1ccc(S(=O)(=O)Nc2cn(C)nc2C)cc1. The number of hydrogen-bond donors (Lipinski definition) is 1. The number of nitrogens with one attached hydrogen (secondary N) is 1. The fourth-order valence-corrected chi connectivity index (χ4v) is 3.22. The predicted octanol–water partition coefficient (Wildman–Crippen LogP) is 2.87. The standard InChI is InChI=1S/C15H21N3O2S/c1-4-5-6-13-7-9-14(10-8-13)21(19,20)17-15-11-18(3)16-12(15)2/h7-11,17H,4-6H2,1-3H3. The van der Waals surface area contributed by atoms with Crippen LogP contribution in [0.4, 0.5) is 5.69 Å². The van der Waals surface area contributed by atoms with E-state index in [4.69, 9.17) is 0 Å². The molecule has 0 spiro atoms. The molecular formula is C15H21N3O2S. The molecule has 2 aromatic rings. The van der Waals surface area contributed by atoms with Gasteiger partial charge in [0.2, 0.25) is 0 Å².